The molecule has 6 nitrogen and oxygen atoms in total. The van der Waals surface area contributed by atoms with Crippen LogP contribution in [0.25, 0.3) is 0 Å². The highest BCUT2D eigenvalue weighted by atomic mass is 32.2. The van der Waals surface area contributed by atoms with E-state index in [1.807, 2.05) is 42.5 Å². The van der Waals surface area contributed by atoms with E-state index in [0.717, 1.165) is 11.1 Å². The van der Waals surface area contributed by atoms with Gasteiger partial charge >= 0.3 is 0 Å². The summed E-state index contributed by atoms with van der Waals surface area (Å²) in [5.41, 5.74) is 3.11. The van der Waals surface area contributed by atoms with Crippen LogP contribution >= 0.6 is 12.2 Å². The van der Waals surface area contributed by atoms with Crippen molar-refractivity contribution in [2.75, 3.05) is 12.4 Å². The molecule has 34 heavy (non-hydrogen) atoms. The Hall–Kier alpha value is -3.07. The lowest BCUT2D eigenvalue weighted by molar-refractivity contribution is 0.0977. The van der Waals surface area contributed by atoms with Gasteiger partial charge in [-0.3, -0.25) is 10.1 Å². The van der Waals surface area contributed by atoms with Gasteiger partial charge in [0.05, 0.1) is 4.90 Å². The molecule has 0 unspecified atom stereocenters. The summed E-state index contributed by atoms with van der Waals surface area (Å²) < 4.78 is 27.1. The molecule has 0 saturated heterocycles. The van der Waals surface area contributed by atoms with Gasteiger partial charge in [0.1, 0.15) is 0 Å². The Morgan fingerprint density at radius 3 is 2.06 bits per heavy atom. The summed E-state index contributed by atoms with van der Waals surface area (Å²) in [6, 6.07) is 23.0. The molecule has 0 heterocycles. The minimum Gasteiger partial charge on any atom is -0.332 e. The predicted octanol–water partition coefficient (Wildman–Crippen LogP) is 4.93. The number of thiocarbonyl (C=S) groups is 1. The Labute approximate surface area is 207 Å². The molecule has 3 aromatic rings. The number of benzene rings is 3. The van der Waals surface area contributed by atoms with Gasteiger partial charge in [0.15, 0.2) is 5.11 Å². The van der Waals surface area contributed by atoms with E-state index in [9.17, 15) is 13.2 Å². The second-order valence-corrected chi connectivity index (χ2v) is 11.5. The molecule has 0 bridgehead atoms. The molecule has 0 spiro atoms. The van der Waals surface area contributed by atoms with Gasteiger partial charge in [-0.1, -0.05) is 63.2 Å². The van der Waals surface area contributed by atoms with E-state index in [1.165, 1.54) is 16.4 Å². The second kappa shape index (κ2) is 10.5. The van der Waals surface area contributed by atoms with Crippen molar-refractivity contribution in [1.29, 1.82) is 0 Å². The first-order valence-corrected chi connectivity index (χ1v) is 12.6. The largest absolute Gasteiger partial charge is 0.332 e. The number of carbonyl (C=O) groups is 1. The standard InChI is InChI=1S/C26H29N3O3S2/c1-26(2,3)21-12-10-20(11-13-21)24(30)28-25(33)27-22-14-16-23(17-15-22)34(31,32)29(4)18-19-8-6-5-7-9-19/h5-17H,18H2,1-4H3,(H2,27,28,30,33). The van der Waals surface area contributed by atoms with Crippen LogP contribution in [-0.4, -0.2) is 30.8 Å². The molecule has 8 heteroatoms. The topological polar surface area (TPSA) is 78.5 Å². The molecule has 0 saturated carbocycles. The fraction of sp³-hybridized carbons (Fsp3) is 0.231. The highest BCUT2D eigenvalue weighted by molar-refractivity contribution is 7.89. The van der Waals surface area contributed by atoms with Gasteiger partial charge < -0.3 is 5.32 Å². The van der Waals surface area contributed by atoms with Crippen LogP contribution in [-0.2, 0) is 22.0 Å². The van der Waals surface area contributed by atoms with Gasteiger partial charge in [0.2, 0.25) is 10.0 Å². The average Bonchev–Trinajstić information content (AvgIpc) is 2.79. The van der Waals surface area contributed by atoms with Crippen LogP contribution < -0.4 is 10.6 Å². The fourth-order valence-corrected chi connectivity index (χ4v) is 4.64. The van der Waals surface area contributed by atoms with Crippen LogP contribution in [0.5, 0.6) is 0 Å². The first-order valence-electron chi connectivity index (χ1n) is 10.8. The summed E-state index contributed by atoms with van der Waals surface area (Å²) in [7, 11) is -2.10. The zero-order chi connectivity index (χ0) is 24.9. The molecule has 0 aromatic heterocycles. The molecule has 0 fully saturated rings. The Bertz CT molecular complexity index is 1250. The maximum atomic E-state index is 12.9. The number of carbonyl (C=O) groups excluding carboxylic acids is 1. The molecule has 0 atom stereocenters. The minimum atomic E-state index is -3.65. The number of amides is 1. The van der Waals surface area contributed by atoms with Crippen molar-refractivity contribution in [3.8, 4) is 0 Å². The SMILES string of the molecule is CN(Cc1ccccc1)S(=O)(=O)c1ccc(NC(=S)NC(=O)c2ccc(C(C)(C)C)cc2)cc1. The van der Waals surface area contributed by atoms with E-state index < -0.39 is 10.0 Å². The lowest BCUT2D eigenvalue weighted by Gasteiger charge is -2.19. The zero-order valence-electron chi connectivity index (χ0n) is 19.7. The molecular weight excluding hydrogens is 466 g/mol. The Morgan fingerprint density at radius 2 is 1.50 bits per heavy atom. The van der Waals surface area contributed by atoms with Gasteiger partial charge in [-0.2, -0.15) is 4.31 Å². The van der Waals surface area contributed by atoms with Crippen molar-refractivity contribution in [2.24, 2.45) is 0 Å². The molecular formula is C26H29N3O3S2. The summed E-state index contributed by atoms with van der Waals surface area (Å²) in [4.78, 5) is 12.7. The third kappa shape index (κ3) is 6.50. The van der Waals surface area contributed by atoms with Crippen LogP contribution in [0.3, 0.4) is 0 Å². The average molecular weight is 496 g/mol. The van der Waals surface area contributed by atoms with Crippen LogP contribution in [0.2, 0.25) is 0 Å². The van der Waals surface area contributed by atoms with Gasteiger partial charge in [-0.05, 0) is 65.2 Å². The summed E-state index contributed by atoms with van der Waals surface area (Å²) in [6.07, 6.45) is 0. The smallest absolute Gasteiger partial charge is 0.257 e. The number of sulfonamides is 1. The second-order valence-electron chi connectivity index (χ2n) is 9.01. The molecule has 0 aliphatic heterocycles. The number of anilines is 1. The third-order valence-corrected chi connectivity index (χ3v) is 7.33. The van der Waals surface area contributed by atoms with Gasteiger partial charge in [-0.25, -0.2) is 8.42 Å². The van der Waals surface area contributed by atoms with Crippen molar-refractivity contribution in [3.05, 3.63) is 95.6 Å². The Balaban J connectivity index is 1.60. The number of hydrogen-bond acceptors (Lipinski definition) is 4. The molecule has 1 amide bonds. The highest BCUT2D eigenvalue weighted by Gasteiger charge is 2.21. The maximum absolute atomic E-state index is 12.9. The van der Waals surface area contributed by atoms with Gasteiger partial charge in [0.25, 0.3) is 5.91 Å². The van der Waals surface area contributed by atoms with E-state index in [2.05, 4.69) is 31.4 Å². The Morgan fingerprint density at radius 1 is 0.912 bits per heavy atom. The molecule has 178 valence electrons. The van der Waals surface area contributed by atoms with E-state index in [0.29, 0.717) is 11.3 Å². The lowest BCUT2D eigenvalue weighted by atomic mass is 9.87. The van der Waals surface area contributed by atoms with E-state index in [4.69, 9.17) is 12.2 Å². The van der Waals surface area contributed by atoms with Gasteiger partial charge in [-0.15, -0.1) is 0 Å². The zero-order valence-corrected chi connectivity index (χ0v) is 21.3. The maximum Gasteiger partial charge on any atom is 0.257 e. The minimum absolute atomic E-state index is 0.00184. The molecule has 2 N–H and O–H groups in total. The Kier molecular flexibility index (Phi) is 7.86. The lowest BCUT2D eigenvalue weighted by Crippen LogP contribution is -2.34. The summed E-state index contributed by atoms with van der Waals surface area (Å²) in [6.45, 7) is 6.60. The third-order valence-electron chi connectivity index (χ3n) is 5.31. The first kappa shape index (κ1) is 25.6. The normalized spacial score (nSPS) is 11.8. The van der Waals surface area contributed by atoms with Crippen molar-refractivity contribution in [2.45, 2.75) is 37.6 Å². The van der Waals surface area contributed by atoms with Crippen molar-refractivity contribution in [1.82, 2.24) is 9.62 Å². The summed E-state index contributed by atoms with van der Waals surface area (Å²) in [5.74, 6) is -0.320. The van der Waals surface area contributed by atoms with Crippen LogP contribution in [0, 0.1) is 0 Å². The van der Waals surface area contributed by atoms with E-state index in [1.54, 1.807) is 31.3 Å². The quantitative estimate of drug-likeness (QED) is 0.474. The number of hydrogen-bond donors (Lipinski definition) is 2. The number of nitrogens with zero attached hydrogens (tertiary/aromatic N) is 1. The van der Waals surface area contributed by atoms with Crippen molar-refractivity contribution < 1.29 is 13.2 Å². The fourth-order valence-electron chi connectivity index (χ4n) is 3.27. The number of nitrogens with one attached hydrogen (secondary N) is 2. The molecule has 0 aliphatic rings. The molecule has 0 aliphatic carbocycles. The van der Waals surface area contributed by atoms with E-state index in [-0.39, 0.29) is 27.9 Å². The van der Waals surface area contributed by atoms with Crippen LogP contribution in [0.1, 0.15) is 42.3 Å². The van der Waals surface area contributed by atoms with Gasteiger partial charge in [0, 0.05) is 24.8 Å². The molecule has 3 aromatic carbocycles. The number of rotatable bonds is 6. The highest BCUT2D eigenvalue weighted by Crippen LogP contribution is 2.22. The molecule has 3 rings (SSSR count). The predicted molar refractivity (Wildman–Crippen MR) is 140 cm³/mol. The van der Waals surface area contributed by atoms with Crippen LogP contribution in [0.4, 0.5) is 5.69 Å². The monoisotopic (exact) mass is 495 g/mol. The van der Waals surface area contributed by atoms with Crippen molar-refractivity contribution >= 4 is 38.9 Å². The summed E-state index contributed by atoms with van der Waals surface area (Å²) in [5, 5.41) is 5.69. The van der Waals surface area contributed by atoms with Crippen molar-refractivity contribution in [3.63, 3.8) is 0 Å². The van der Waals surface area contributed by atoms with E-state index >= 15 is 0 Å². The summed E-state index contributed by atoms with van der Waals surface area (Å²) >= 11 is 5.25. The first-order chi connectivity index (χ1) is 16.0. The molecule has 0 radical (unpaired) electrons. The van der Waals surface area contributed by atoms with Crippen LogP contribution in [0.15, 0.2) is 83.8 Å².